The quantitative estimate of drug-likeness (QED) is 0.840. The summed E-state index contributed by atoms with van der Waals surface area (Å²) in [5.41, 5.74) is 2.01. The summed E-state index contributed by atoms with van der Waals surface area (Å²) in [7, 11) is 3.26. The van der Waals surface area contributed by atoms with E-state index in [0.717, 1.165) is 27.2 Å². The summed E-state index contributed by atoms with van der Waals surface area (Å²) < 4.78 is 11.5. The number of benzene rings is 2. The van der Waals surface area contributed by atoms with E-state index in [9.17, 15) is 0 Å². The van der Waals surface area contributed by atoms with Crippen LogP contribution in [0.1, 0.15) is 5.56 Å². The second-order valence-electron chi connectivity index (χ2n) is 4.19. The summed E-state index contributed by atoms with van der Waals surface area (Å²) in [4.78, 5) is 0. The minimum Gasteiger partial charge on any atom is -0.497 e. The van der Waals surface area contributed by atoms with Crippen molar-refractivity contribution >= 4 is 33.2 Å². The molecule has 0 saturated heterocycles. The van der Waals surface area contributed by atoms with Crippen LogP contribution < -0.4 is 14.8 Å². The Kier molecular flexibility index (Phi) is 5.15. The molecule has 0 fully saturated rings. The van der Waals surface area contributed by atoms with Crippen LogP contribution >= 0.6 is 27.5 Å². The van der Waals surface area contributed by atoms with Crippen molar-refractivity contribution in [1.29, 1.82) is 0 Å². The SMILES string of the molecule is COc1cc(NCc2cc(Cl)ccc2Br)cc(OC)c1. The smallest absolute Gasteiger partial charge is 0.124 e. The van der Waals surface area contributed by atoms with E-state index >= 15 is 0 Å². The number of hydrogen-bond donors (Lipinski definition) is 1. The summed E-state index contributed by atoms with van der Waals surface area (Å²) in [6.07, 6.45) is 0. The molecule has 0 amide bonds. The first-order valence-corrected chi connectivity index (χ1v) is 7.20. The highest BCUT2D eigenvalue weighted by Crippen LogP contribution is 2.27. The molecule has 0 radical (unpaired) electrons. The van der Waals surface area contributed by atoms with Crippen LogP contribution in [-0.4, -0.2) is 14.2 Å². The second kappa shape index (κ2) is 6.86. The van der Waals surface area contributed by atoms with Crippen molar-refractivity contribution in [2.75, 3.05) is 19.5 Å². The van der Waals surface area contributed by atoms with E-state index in [0.29, 0.717) is 11.6 Å². The summed E-state index contributed by atoms with van der Waals surface area (Å²) in [5, 5.41) is 4.05. The van der Waals surface area contributed by atoms with E-state index in [2.05, 4.69) is 21.2 Å². The molecule has 3 nitrogen and oxygen atoms in total. The Labute approximate surface area is 132 Å². The normalized spacial score (nSPS) is 10.2. The highest BCUT2D eigenvalue weighted by molar-refractivity contribution is 9.10. The van der Waals surface area contributed by atoms with Crippen molar-refractivity contribution in [3.05, 3.63) is 51.5 Å². The van der Waals surface area contributed by atoms with Crippen molar-refractivity contribution in [2.45, 2.75) is 6.54 Å². The monoisotopic (exact) mass is 355 g/mol. The van der Waals surface area contributed by atoms with Gasteiger partial charge in [-0.05, 0) is 23.8 Å². The Morgan fingerprint density at radius 2 is 1.70 bits per heavy atom. The highest BCUT2D eigenvalue weighted by atomic mass is 79.9. The molecule has 0 atom stereocenters. The van der Waals surface area contributed by atoms with Gasteiger partial charge in [0.15, 0.2) is 0 Å². The number of rotatable bonds is 5. The molecule has 0 saturated carbocycles. The number of halogens is 2. The zero-order valence-corrected chi connectivity index (χ0v) is 13.6. The van der Waals surface area contributed by atoms with E-state index in [1.54, 1.807) is 14.2 Å². The van der Waals surface area contributed by atoms with Crippen LogP contribution in [0.4, 0.5) is 5.69 Å². The predicted molar refractivity (Wildman–Crippen MR) is 86.0 cm³/mol. The van der Waals surface area contributed by atoms with E-state index in [-0.39, 0.29) is 0 Å². The van der Waals surface area contributed by atoms with Gasteiger partial charge in [0.2, 0.25) is 0 Å². The fourth-order valence-corrected chi connectivity index (χ4v) is 2.37. The van der Waals surface area contributed by atoms with Gasteiger partial charge in [-0.1, -0.05) is 27.5 Å². The van der Waals surface area contributed by atoms with Crippen LogP contribution in [-0.2, 0) is 6.54 Å². The predicted octanol–water partition coefficient (Wildman–Crippen LogP) is 4.73. The fourth-order valence-electron chi connectivity index (χ4n) is 1.79. The minimum absolute atomic E-state index is 0.650. The molecule has 0 heterocycles. The van der Waals surface area contributed by atoms with Crippen molar-refractivity contribution in [2.24, 2.45) is 0 Å². The largest absolute Gasteiger partial charge is 0.497 e. The third-order valence-electron chi connectivity index (χ3n) is 2.84. The lowest BCUT2D eigenvalue weighted by Gasteiger charge is -2.12. The molecule has 106 valence electrons. The van der Waals surface area contributed by atoms with Crippen LogP contribution in [0.25, 0.3) is 0 Å². The molecule has 1 N–H and O–H groups in total. The average Bonchev–Trinajstić information content (AvgIpc) is 2.47. The number of anilines is 1. The first-order chi connectivity index (χ1) is 9.62. The Morgan fingerprint density at radius 3 is 2.30 bits per heavy atom. The number of nitrogens with one attached hydrogen (secondary N) is 1. The van der Waals surface area contributed by atoms with Crippen LogP contribution in [0.2, 0.25) is 5.02 Å². The van der Waals surface area contributed by atoms with Crippen LogP contribution in [0, 0.1) is 0 Å². The second-order valence-corrected chi connectivity index (χ2v) is 5.48. The van der Waals surface area contributed by atoms with Gasteiger partial charge in [-0.2, -0.15) is 0 Å². The maximum atomic E-state index is 6.01. The van der Waals surface area contributed by atoms with E-state index < -0.39 is 0 Å². The van der Waals surface area contributed by atoms with Gasteiger partial charge in [-0.15, -0.1) is 0 Å². The Bertz CT molecular complexity index is 582. The minimum atomic E-state index is 0.650. The van der Waals surface area contributed by atoms with Crippen LogP contribution in [0.15, 0.2) is 40.9 Å². The van der Waals surface area contributed by atoms with E-state index in [1.807, 2.05) is 36.4 Å². The maximum Gasteiger partial charge on any atom is 0.124 e. The van der Waals surface area contributed by atoms with Gasteiger partial charge < -0.3 is 14.8 Å². The number of methoxy groups -OCH3 is 2. The summed E-state index contributed by atoms with van der Waals surface area (Å²) >= 11 is 9.52. The van der Waals surface area contributed by atoms with Crippen LogP contribution in [0.5, 0.6) is 11.5 Å². The lowest BCUT2D eigenvalue weighted by Crippen LogP contribution is -2.01. The zero-order valence-electron chi connectivity index (χ0n) is 11.2. The molecule has 0 aliphatic heterocycles. The zero-order chi connectivity index (χ0) is 14.5. The first kappa shape index (κ1) is 15.0. The van der Waals surface area contributed by atoms with Gasteiger partial charge in [0.25, 0.3) is 0 Å². The molecule has 2 rings (SSSR count). The summed E-state index contributed by atoms with van der Waals surface area (Å²) in [6.45, 7) is 0.650. The van der Waals surface area contributed by atoms with Gasteiger partial charge in [0.05, 0.1) is 14.2 Å². The molecular formula is C15H15BrClNO2. The molecule has 0 aromatic heterocycles. The molecule has 0 aliphatic carbocycles. The van der Waals surface area contributed by atoms with Gasteiger partial charge in [0.1, 0.15) is 11.5 Å². The van der Waals surface area contributed by atoms with Crippen molar-refractivity contribution < 1.29 is 9.47 Å². The third kappa shape index (κ3) is 3.81. The first-order valence-electron chi connectivity index (χ1n) is 6.03. The molecule has 0 spiro atoms. The molecular weight excluding hydrogens is 342 g/mol. The van der Waals surface area contributed by atoms with Gasteiger partial charge in [-0.3, -0.25) is 0 Å². The Balaban J connectivity index is 2.16. The molecule has 20 heavy (non-hydrogen) atoms. The Morgan fingerprint density at radius 1 is 1.05 bits per heavy atom. The van der Waals surface area contributed by atoms with E-state index in [1.165, 1.54) is 0 Å². The highest BCUT2D eigenvalue weighted by Gasteiger charge is 2.04. The third-order valence-corrected chi connectivity index (χ3v) is 3.85. The lowest BCUT2D eigenvalue weighted by atomic mass is 10.2. The van der Waals surface area contributed by atoms with Crippen molar-refractivity contribution in [3.63, 3.8) is 0 Å². The Hall–Kier alpha value is -1.39. The van der Waals surface area contributed by atoms with Crippen LogP contribution in [0.3, 0.4) is 0 Å². The summed E-state index contributed by atoms with van der Waals surface area (Å²) in [5.74, 6) is 1.49. The number of hydrogen-bond acceptors (Lipinski definition) is 3. The number of ether oxygens (including phenoxy) is 2. The van der Waals surface area contributed by atoms with Crippen molar-refractivity contribution in [3.8, 4) is 11.5 Å². The molecule has 2 aromatic carbocycles. The standard InChI is InChI=1S/C15H15BrClNO2/c1-19-13-6-12(7-14(8-13)20-2)18-9-10-5-11(17)3-4-15(10)16/h3-8,18H,9H2,1-2H3. The molecule has 0 aliphatic rings. The molecule has 2 aromatic rings. The summed E-state index contributed by atoms with van der Waals surface area (Å²) in [6, 6.07) is 11.4. The maximum absolute atomic E-state index is 6.01. The molecule has 0 bridgehead atoms. The van der Waals surface area contributed by atoms with Gasteiger partial charge in [-0.25, -0.2) is 0 Å². The fraction of sp³-hybridized carbons (Fsp3) is 0.200. The average molecular weight is 357 g/mol. The van der Waals surface area contributed by atoms with Crippen molar-refractivity contribution in [1.82, 2.24) is 0 Å². The van der Waals surface area contributed by atoms with E-state index in [4.69, 9.17) is 21.1 Å². The lowest BCUT2D eigenvalue weighted by molar-refractivity contribution is 0.394. The molecule has 5 heteroatoms. The van der Waals surface area contributed by atoms with Gasteiger partial charge >= 0.3 is 0 Å². The topological polar surface area (TPSA) is 30.5 Å². The van der Waals surface area contributed by atoms with Gasteiger partial charge in [0, 0.05) is 39.9 Å². The molecule has 0 unspecified atom stereocenters.